The first-order chi connectivity index (χ1) is 6.08. The Kier molecular flexibility index (Phi) is 2.30. The summed E-state index contributed by atoms with van der Waals surface area (Å²) in [5.41, 5.74) is 0. The molecular weight excluding hydrogens is 175 g/mol. The van der Waals surface area contributed by atoms with Crippen LogP contribution in [0.3, 0.4) is 0 Å². The minimum Gasteiger partial charge on any atom is -0.372 e. The third kappa shape index (κ3) is 1.85. The van der Waals surface area contributed by atoms with E-state index >= 15 is 0 Å². The van der Waals surface area contributed by atoms with Gasteiger partial charge in [-0.25, -0.2) is 4.39 Å². The Morgan fingerprint density at radius 2 is 2.15 bits per heavy atom. The van der Waals surface area contributed by atoms with E-state index in [9.17, 15) is 4.39 Å². The van der Waals surface area contributed by atoms with Crippen molar-refractivity contribution in [2.75, 3.05) is 13.2 Å². The van der Waals surface area contributed by atoms with Gasteiger partial charge in [-0.1, -0.05) is 0 Å². The van der Waals surface area contributed by atoms with Crippen LogP contribution < -0.4 is 0 Å². The molecule has 0 amide bonds. The molecule has 0 aliphatic carbocycles. The fourth-order valence-electron chi connectivity index (χ4n) is 1.80. The van der Waals surface area contributed by atoms with E-state index in [4.69, 9.17) is 14.2 Å². The van der Waals surface area contributed by atoms with E-state index in [-0.39, 0.29) is 6.10 Å². The standard InChI is InChI=1S/C9H15FO3/c1-9(2)12-5-7(13-9)8-6(10)3-4-11-8/h6-8H,3-5H2,1-2H3. The zero-order valence-corrected chi connectivity index (χ0v) is 7.96. The average molecular weight is 190 g/mol. The molecular formula is C9H15FO3. The van der Waals surface area contributed by atoms with Crippen LogP contribution in [-0.4, -0.2) is 37.4 Å². The monoisotopic (exact) mass is 190 g/mol. The molecule has 2 aliphatic rings. The van der Waals surface area contributed by atoms with Crippen LogP contribution in [0.15, 0.2) is 0 Å². The highest BCUT2D eigenvalue weighted by Crippen LogP contribution is 2.30. The van der Waals surface area contributed by atoms with Crippen molar-refractivity contribution in [3.8, 4) is 0 Å². The summed E-state index contributed by atoms with van der Waals surface area (Å²) in [5.74, 6) is -0.587. The summed E-state index contributed by atoms with van der Waals surface area (Å²) in [6.45, 7) is 4.58. The molecule has 0 aromatic heterocycles. The summed E-state index contributed by atoms with van der Waals surface area (Å²) >= 11 is 0. The Balaban J connectivity index is 1.95. The average Bonchev–Trinajstić information content (AvgIpc) is 2.56. The second-order valence-electron chi connectivity index (χ2n) is 4.01. The van der Waals surface area contributed by atoms with Crippen molar-refractivity contribution >= 4 is 0 Å². The van der Waals surface area contributed by atoms with E-state index in [1.165, 1.54) is 0 Å². The van der Waals surface area contributed by atoms with Gasteiger partial charge in [-0.2, -0.15) is 0 Å². The van der Waals surface area contributed by atoms with Crippen molar-refractivity contribution < 1.29 is 18.6 Å². The lowest BCUT2D eigenvalue weighted by Gasteiger charge is -2.21. The SMILES string of the molecule is CC1(C)OCC(C2OCCC2F)O1. The summed E-state index contributed by atoms with van der Waals surface area (Å²) in [6.07, 6.45) is -1.10. The van der Waals surface area contributed by atoms with Gasteiger partial charge in [0.25, 0.3) is 0 Å². The summed E-state index contributed by atoms with van der Waals surface area (Å²) in [7, 11) is 0. The first-order valence-electron chi connectivity index (χ1n) is 4.66. The Labute approximate surface area is 77.2 Å². The van der Waals surface area contributed by atoms with Gasteiger partial charge in [0.05, 0.1) is 13.2 Å². The van der Waals surface area contributed by atoms with E-state index in [0.717, 1.165) is 0 Å². The predicted molar refractivity (Wildman–Crippen MR) is 44.2 cm³/mol. The van der Waals surface area contributed by atoms with E-state index in [1.54, 1.807) is 0 Å². The second kappa shape index (κ2) is 3.19. The lowest BCUT2D eigenvalue weighted by atomic mass is 10.1. The molecule has 3 atom stereocenters. The van der Waals surface area contributed by atoms with Crippen molar-refractivity contribution in [2.24, 2.45) is 0 Å². The first kappa shape index (κ1) is 9.37. The molecule has 0 bridgehead atoms. The number of rotatable bonds is 1. The molecule has 0 radical (unpaired) electrons. The van der Waals surface area contributed by atoms with Crippen LogP contribution >= 0.6 is 0 Å². The number of ether oxygens (including phenoxy) is 3. The summed E-state index contributed by atoms with van der Waals surface area (Å²) in [6, 6.07) is 0. The van der Waals surface area contributed by atoms with Crippen molar-refractivity contribution in [2.45, 2.75) is 44.4 Å². The maximum atomic E-state index is 13.2. The van der Waals surface area contributed by atoms with E-state index in [0.29, 0.717) is 19.6 Å². The zero-order valence-electron chi connectivity index (χ0n) is 7.96. The van der Waals surface area contributed by atoms with Crippen LogP contribution in [0.25, 0.3) is 0 Å². The normalized spacial score (nSPS) is 44.1. The van der Waals surface area contributed by atoms with Crippen LogP contribution in [0.4, 0.5) is 4.39 Å². The Morgan fingerprint density at radius 3 is 2.62 bits per heavy atom. The van der Waals surface area contributed by atoms with Gasteiger partial charge in [0.1, 0.15) is 18.4 Å². The fourth-order valence-corrected chi connectivity index (χ4v) is 1.80. The van der Waals surface area contributed by atoms with E-state index < -0.39 is 18.1 Å². The molecule has 76 valence electrons. The molecule has 0 N–H and O–H groups in total. The van der Waals surface area contributed by atoms with Crippen molar-refractivity contribution in [1.82, 2.24) is 0 Å². The summed E-state index contributed by atoms with van der Waals surface area (Å²) < 4.78 is 29.4. The van der Waals surface area contributed by atoms with Gasteiger partial charge in [-0.3, -0.25) is 0 Å². The maximum Gasteiger partial charge on any atom is 0.163 e. The fraction of sp³-hybridized carbons (Fsp3) is 1.00. The molecule has 2 rings (SSSR count). The zero-order chi connectivity index (χ0) is 9.47. The third-order valence-electron chi connectivity index (χ3n) is 2.46. The molecule has 0 saturated carbocycles. The number of halogens is 1. The molecule has 4 heteroatoms. The first-order valence-corrected chi connectivity index (χ1v) is 4.66. The Bertz CT molecular complexity index is 195. The minimum atomic E-state index is -0.900. The molecule has 2 fully saturated rings. The molecule has 2 heterocycles. The van der Waals surface area contributed by atoms with Crippen molar-refractivity contribution in [1.29, 1.82) is 0 Å². The third-order valence-corrected chi connectivity index (χ3v) is 2.46. The van der Waals surface area contributed by atoms with Gasteiger partial charge in [0.15, 0.2) is 5.79 Å². The maximum absolute atomic E-state index is 13.2. The molecule has 3 unspecified atom stereocenters. The van der Waals surface area contributed by atoms with Gasteiger partial charge in [-0.15, -0.1) is 0 Å². The van der Waals surface area contributed by atoms with Crippen LogP contribution in [0.2, 0.25) is 0 Å². The van der Waals surface area contributed by atoms with E-state index in [2.05, 4.69) is 0 Å². The minimum absolute atomic E-state index is 0.243. The summed E-state index contributed by atoms with van der Waals surface area (Å²) in [5, 5.41) is 0. The lowest BCUT2D eigenvalue weighted by molar-refractivity contribution is -0.155. The highest BCUT2D eigenvalue weighted by atomic mass is 19.1. The smallest absolute Gasteiger partial charge is 0.163 e. The van der Waals surface area contributed by atoms with Gasteiger partial charge in [-0.05, 0) is 13.8 Å². The number of hydrogen-bond acceptors (Lipinski definition) is 3. The van der Waals surface area contributed by atoms with Gasteiger partial charge in [0.2, 0.25) is 0 Å². The second-order valence-corrected chi connectivity index (χ2v) is 4.01. The molecule has 2 saturated heterocycles. The van der Waals surface area contributed by atoms with Crippen LogP contribution in [0, 0.1) is 0 Å². The van der Waals surface area contributed by atoms with Crippen molar-refractivity contribution in [3.05, 3.63) is 0 Å². The number of alkyl halides is 1. The Hall–Kier alpha value is -0.190. The summed E-state index contributed by atoms with van der Waals surface area (Å²) in [4.78, 5) is 0. The van der Waals surface area contributed by atoms with Crippen LogP contribution in [0.5, 0.6) is 0 Å². The Morgan fingerprint density at radius 1 is 1.38 bits per heavy atom. The highest BCUT2D eigenvalue weighted by Gasteiger charge is 2.43. The molecule has 13 heavy (non-hydrogen) atoms. The largest absolute Gasteiger partial charge is 0.372 e. The van der Waals surface area contributed by atoms with Gasteiger partial charge < -0.3 is 14.2 Å². The molecule has 0 spiro atoms. The molecule has 0 aromatic carbocycles. The van der Waals surface area contributed by atoms with Crippen LogP contribution in [-0.2, 0) is 14.2 Å². The number of hydrogen-bond donors (Lipinski definition) is 0. The quantitative estimate of drug-likeness (QED) is 0.623. The molecule has 2 aliphatic heterocycles. The highest BCUT2D eigenvalue weighted by molar-refractivity contribution is 4.87. The lowest BCUT2D eigenvalue weighted by Crippen LogP contribution is -2.35. The predicted octanol–water partition coefficient (Wildman–Crippen LogP) is 1.26. The molecule has 3 nitrogen and oxygen atoms in total. The van der Waals surface area contributed by atoms with Crippen LogP contribution in [0.1, 0.15) is 20.3 Å². The van der Waals surface area contributed by atoms with Gasteiger partial charge in [0, 0.05) is 6.42 Å². The van der Waals surface area contributed by atoms with E-state index in [1.807, 2.05) is 13.8 Å². The van der Waals surface area contributed by atoms with Gasteiger partial charge >= 0.3 is 0 Å². The topological polar surface area (TPSA) is 27.7 Å². The molecule has 0 aromatic rings. The van der Waals surface area contributed by atoms with Crippen molar-refractivity contribution in [3.63, 3.8) is 0 Å².